The average Bonchev–Trinajstić information content (AvgIpc) is 3.53. The number of hydrogen-bond acceptors (Lipinski definition) is 6. The van der Waals surface area contributed by atoms with Gasteiger partial charge in [0.25, 0.3) is 11.9 Å². The summed E-state index contributed by atoms with van der Waals surface area (Å²) >= 11 is 0. The van der Waals surface area contributed by atoms with Crippen molar-refractivity contribution in [1.29, 1.82) is 0 Å². The molecule has 4 aromatic heterocycles. The third kappa shape index (κ3) is 4.18. The number of pyridine rings is 1. The molecule has 9 heteroatoms. The normalized spacial score (nSPS) is 10.9. The molecule has 0 aliphatic heterocycles. The largest absolute Gasteiger partial charge is 0.463 e. The van der Waals surface area contributed by atoms with Crippen molar-refractivity contribution in [3.63, 3.8) is 0 Å². The summed E-state index contributed by atoms with van der Waals surface area (Å²) in [6, 6.07) is 17.0. The molecule has 1 N–H and O–H groups in total. The minimum atomic E-state index is -0.399. The van der Waals surface area contributed by atoms with Crippen molar-refractivity contribution in [2.45, 2.75) is 13.5 Å². The summed E-state index contributed by atoms with van der Waals surface area (Å²) < 4.78 is 21.3. The van der Waals surface area contributed by atoms with Gasteiger partial charge < -0.3 is 9.73 Å². The summed E-state index contributed by atoms with van der Waals surface area (Å²) in [4.78, 5) is 26.3. The lowest BCUT2D eigenvalue weighted by atomic mass is 10.1. The van der Waals surface area contributed by atoms with E-state index >= 15 is 0 Å². The van der Waals surface area contributed by atoms with Gasteiger partial charge in [-0.2, -0.15) is 9.78 Å². The number of carbonyl (C=O) groups is 1. The van der Waals surface area contributed by atoms with E-state index in [1.54, 1.807) is 36.4 Å². The van der Waals surface area contributed by atoms with Crippen LogP contribution >= 0.6 is 0 Å². The van der Waals surface area contributed by atoms with Crippen LogP contribution in [0.1, 0.15) is 21.7 Å². The quantitative estimate of drug-likeness (QED) is 0.409. The molecule has 0 saturated heterocycles. The molecule has 0 fully saturated rings. The molecule has 0 bridgehead atoms. The predicted molar refractivity (Wildman–Crippen MR) is 122 cm³/mol. The van der Waals surface area contributed by atoms with Crippen LogP contribution in [0.5, 0.6) is 0 Å². The molecule has 1 aromatic carbocycles. The molecule has 0 saturated carbocycles. The standard InChI is InChI=1S/C25H19FN6O2/c1-16-6-4-7-17(30-16)14-28-24(33)19-15-29-32(23(19)22-10-5-13-34-22)25-27-12-11-21(31-25)18-8-2-3-9-20(18)26/h2-13,15H,14H2,1H3,(H,28,33). The number of halogens is 1. The van der Waals surface area contributed by atoms with Crippen LogP contribution in [0.25, 0.3) is 28.7 Å². The molecule has 0 aliphatic carbocycles. The van der Waals surface area contributed by atoms with Crippen LogP contribution in [0.15, 0.2) is 83.7 Å². The number of nitrogens with one attached hydrogen (secondary N) is 1. The molecule has 0 unspecified atom stereocenters. The van der Waals surface area contributed by atoms with Crippen molar-refractivity contribution in [2.24, 2.45) is 0 Å². The lowest BCUT2D eigenvalue weighted by molar-refractivity contribution is 0.0951. The Hall–Kier alpha value is -4.66. The van der Waals surface area contributed by atoms with E-state index in [0.717, 1.165) is 11.4 Å². The van der Waals surface area contributed by atoms with Crippen LogP contribution in [0.4, 0.5) is 4.39 Å². The van der Waals surface area contributed by atoms with Crippen LogP contribution in [0.3, 0.4) is 0 Å². The average molecular weight is 454 g/mol. The summed E-state index contributed by atoms with van der Waals surface area (Å²) in [5.41, 5.74) is 2.99. The second-order valence-electron chi connectivity index (χ2n) is 7.47. The van der Waals surface area contributed by atoms with Gasteiger partial charge in [-0.15, -0.1) is 0 Å². The summed E-state index contributed by atoms with van der Waals surface area (Å²) in [5, 5.41) is 7.22. The Morgan fingerprint density at radius 1 is 1.06 bits per heavy atom. The number of amides is 1. The van der Waals surface area contributed by atoms with Gasteiger partial charge in [0.1, 0.15) is 11.5 Å². The molecule has 8 nitrogen and oxygen atoms in total. The number of benzene rings is 1. The highest BCUT2D eigenvalue weighted by molar-refractivity contribution is 5.99. The van der Waals surface area contributed by atoms with E-state index in [1.807, 2.05) is 25.1 Å². The predicted octanol–water partition coefficient (Wildman–Crippen LogP) is 4.36. The first-order chi connectivity index (χ1) is 16.6. The highest BCUT2D eigenvalue weighted by Crippen LogP contribution is 2.27. The van der Waals surface area contributed by atoms with Crippen molar-refractivity contribution in [2.75, 3.05) is 0 Å². The van der Waals surface area contributed by atoms with Crippen molar-refractivity contribution < 1.29 is 13.6 Å². The van der Waals surface area contributed by atoms with E-state index < -0.39 is 5.82 Å². The van der Waals surface area contributed by atoms with Gasteiger partial charge in [0.15, 0.2) is 5.76 Å². The minimum absolute atomic E-state index is 0.173. The molecule has 4 heterocycles. The van der Waals surface area contributed by atoms with Gasteiger partial charge in [0.2, 0.25) is 0 Å². The lowest BCUT2D eigenvalue weighted by Crippen LogP contribution is -2.23. The van der Waals surface area contributed by atoms with Crippen molar-refractivity contribution in [3.8, 4) is 28.7 Å². The number of rotatable bonds is 6. The second kappa shape index (κ2) is 9.07. The zero-order valence-corrected chi connectivity index (χ0v) is 18.1. The fraction of sp³-hybridized carbons (Fsp3) is 0.0800. The van der Waals surface area contributed by atoms with Gasteiger partial charge in [-0.05, 0) is 49.4 Å². The third-order valence-corrected chi connectivity index (χ3v) is 5.13. The first kappa shape index (κ1) is 21.2. The Balaban J connectivity index is 1.52. The van der Waals surface area contributed by atoms with Crippen LogP contribution in [0, 0.1) is 12.7 Å². The fourth-order valence-electron chi connectivity index (χ4n) is 3.55. The summed E-state index contributed by atoms with van der Waals surface area (Å²) in [6.07, 6.45) is 4.44. The van der Waals surface area contributed by atoms with Crippen molar-refractivity contribution in [1.82, 2.24) is 30.0 Å². The Kier molecular flexibility index (Phi) is 5.65. The second-order valence-corrected chi connectivity index (χ2v) is 7.47. The lowest BCUT2D eigenvalue weighted by Gasteiger charge is -2.09. The molecule has 0 aliphatic rings. The minimum Gasteiger partial charge on any atom is -0.463 e. The van der Waals surface area contributed by atoms with Gasteiger partial charge >= 0.3 is 0 Å². The van der Waals surface area contributed by atoms with Crippen LogP contribution in [-0.4, -0.2) is 30.6 Å². The smallest absolute Gasteiger partial charge is 0.255 e. The number of nitrogens with zero attached hydrogens (tertiary/aromatic N) is 5. The zero-order chi connectivity index (χ0) is 23.5. The highest BCUT2D eigenvalue weighted by atomic mass is 19.1. The number of aromatic nitrogens is 5. The Bertz CT molecular complexity index is 1460. The van der Waals surface area contributed by atoms with E-state index in [1.165, 1.54) is 29.4 Å². The number of carbonyl (C=O) groups excluding carboxylic acids is 1. The fourth-order valence-corrected chi connectivity index (χ4v) is 3.55. The molecule has 1 amide bonds. The molecular formula is C25H19FN6O2. The van der Waals surface area contributed by atoms with E-state index in [9.17, 15) is 9.18 Å². The maximum absolute atomic E-state index is 14.3. The van der Waals surface area contributed by atoms with Crippen LogP contribution in [0.2, 0.25) is 0 Å². The molecule has 5 aromatic rings. The van der Waals surface area contributed by atoms with Crippen molar-refractivity contribution in [3.05, 3.63) is 102 Å². The van der Waals surface area contributed by atoms with E-state index in [4.69, 9.17) is 4.42 Å². The maximum atomic E-state index is 14.3. The van der Waals surface area contributed by atoms with Crippen molar-refractivity contribution >= 4 is 5.91 Å². The number of aryl methyl sites for hydroxylation is 1. The Labute approximate surface area is 194 Å². The molecule has 34 heavy (non-hydrogen) atoms. The van der Waals surface area contributed by atoms with Gasteiger partial charge in [-0.1, -0.05) is 18.2 Å². The SMILES string of the molecule is Cc1cccc(CNC(=O)c2cnn(-c3nccc(-c4ccccc4F)n3)c2-c2ccco2)n1. The van der Waals surface area contributed by atoms with Crippen LogP contribution in [-0.2, 0) is 6.54 Å². The summed E-state index contributed by atoms with van der Waals surface area (Å²) in [5.74, 6) is -0.169. The molecular weight excluding hydrogens is 435 g/mol. The topological polar surface area (TPSA) is 98.7 Å². The van der Waals surface area contributed by atoms with Gasteiger partial charge in [-0.25, -0.2) is 14.4 Å². The Morgan fingerprint density at radius 2 is 1.94 bits per heavy atom. The zero-order valence-electron chi connectivity index (χ0n) is 18.1. The highest BCUT2D eigenvalue weighted by Gasteiger charge is 2.23. The molecule has 5 rings (SSSR count). The monoisotopic (exact) mass is 454 g/mol. The number of furan rings is 1. The molecule has 0 atom stereocenters. The molecule has 168 valence electrons. The molecule has 0 spiro atoms. The van der Waals surface area contributed by atoms with Gasteiger partial charge in [0, 0.05) is 17.5 Å². The Morgan fingerprint density at radius 3 is 2.74 bits per heavy atom. The summed E-state index contributed by atoms with van der Waals surface area (Å²) in [6.45, 7) is 2.14. The van der Waals surface area contributed by atoms with E-state index in [2.05, 4.69) is 25.4 Å². The van der Waals surface area contributed by atoms with Crippen LogP contribution < -0.4 is 5.32 Å². The maximum Gasteiger partial charge on any atom is 0.255 e. The number of hydrogen-bond donors (Lipinski definition) is 1. The first-order valence-corrected chi connectivity index (χ1v) is 10.5. The first-order valence-electron chi connectivity index (χ1n) is 10.5. The third-order valence-electron chi connectivity index (χ3n) is 5.13. The van der Waals surface area contributed by atoms with Gasteiger partial charge in [0.05, 0.1) is 36.0 Å². The molecule has 0 radical (unpaired) electrons. The summed E-state index contributed by atoms with van der Waals surface area (Å²) in [7, 11) is 0. The van der Waals surface area contributed by atoms with Gasteiger partial charge in [-0.3, -0.25) is 9.78 Å². The van der Waals surface area contributed by atoms with E-state index in [0.29, 0.717) is 22.7 Å². The van der Waals surface area contributed by atoms with E-state index in [-0.39, 0.29) is 24.0 Å².